The van der Waals surface area contributed by atoms with Gasteiger partial charge in [-0.15, -0.1) is 0 Å². The summed E-state index contributed by atoms with van der Waals surface area (Å²) in [6, 6.07) is 0. The Bertz CT molecular complexity index is 839. The van der Waals surface area contributed by atoms with Crippen molar-refractivity contribution in [3.8, 4) is 0 Å². The number of carboxylic acids is 1. The minimum Gasteiger partial charge on any atom is -0.481 e. The van der Waals surface area contributed by atoms with E-state index in [9.17, 15) is 4.79 Å². The molecule has 4 nitrogen and oxygen atoms in total. The average molecular weight is 485 g/mol. The van der Waals surface area contributed by atoms with E-state index in [0.717, 1.165) is 50.0 Å². The highest BCUT2D eigenvalue weighted by atomic mass is 16.7. The second-order valence-corrected chi connectivity index (χ2v) is 13.0. The lowest BCUT2D eigenvalue weighted by molar-refractivity contribution is -0.195. The van der Waals surface area contributed by atoms with Crippen molar-refractivity contribution in [2.75, 3.05) is 6.61 Å². The summed E-state index contributed by atoms with van der Waals surface area (Å²) < 4.78 is 12.3. The quantitative estimate of drug-likeness (QED) is 0.297. The monoisotopic (exact) mass is 484 g/mol. The number of carbonyl (C=O) groups is 1. The van der Waals surface area contributed by atoms with Crippen molar-refractivity contribution in [3.05, 3.63) is 23.3 Å². The molecule has 4 fully saturated rings. The van der Waals surface area contributed by atoms with Gasteiger partial charge in [-0.3, -0.25) is 4.79 Å². The fraction of sp³-hybridized carbons (Fsp3) is 0.839. The molecule has 1 saturated heterocycles. The van der Waals surface area contributed by atoms with Crippen LogP contribution in [0.2, 0.25) is 0 Å². The van der Waals surface area contributed by atoms with Crippen LogP contribution in [0, 0.1) is 34.5 Å². The van der Waals surface area contributed by atoms with Gasteiger partial charge >= 0.3 is 5.97 Å². The molecular formula is C31H48O4. The van der Waals surface area contributed by atoms with E-state index in [4.69, 9.17) is 14.6 Å². The number of unbranched alkanes of at least 4 members (excludes halogenated alkanes) is 1. The highest BCUT2D eigenvalue weighted by Gasteiger charge is 2.58. The van der Waals surface area contributed by atoms with E-state index in [1.807, 2.05) is 0 Å². The summed E-state index contributed by atoms with van der Waals surface area (Å²) in [4.78, 5) is 10.9. The highest BCUT2D eigenvalue weighted by Crippen LogP contribution is 2.67. The van der Waals surface area contributed by atoms with Gasteiger partial charge in [0.15, 0.2) is 6.29 Å². The lowest BCUT2D eigenvalue weighted by Gasteiger charge is -2.58. The van der Waals surface area contributed by atoms with Gasteiger partial charge < -0.3 is 14.6 Å². The SMILES string of the molecule is CC(=CCCCC(=O)O)[C@H]1CCC2C3CC=C4C[C@@H](OC5CCCCO5)CC[C@]4(C)C3CC[C@@]21C. The smallest absolute Gasteiger partial charge is 0.303 e. The predicted molar refractivity (Wildman–Crippen MR) is 139 cm³/mol. The summed E-state index contributed by atoms with van der Waals surface area (Å²) >= 11 is 0. The van der Waals surface area contributed by atoms with Crippen LogP contribution >= 0.6 is 0 Å². The van der Waals surface area contributed by atoms with Crippen molar-refractivity contribution in [3.63, 3.8) is 0 Å². The average Bonchev–Trinajstić information content (AvgIpc) is 3.20. The van der Waals surface area contributed by atoms with Gasteiger partial charge in [0.1, 0.15) is 0 Å². The summed E-state index contributed by atoms with van der Waals surface area (Å²) in [5.41, 5.74) is 3.99. The van der Waals surface area contributed by atoms with Crippen molar-refractivity contribution in [2.45, 2.75) is 123 Å². The van der Waals surface area contributed by atoms with Crippen LogP contribution in [-0.2, 0) is 14.3 Å². The van der Waals surface area contributed by atoms with Crippen LogP contribution in [0.4, 0.5) is 0 Å². The van der Waals surface area contributed by atoms with Crippen molar-refractivity contribution in [2.24, 2.45) is 34.5 Å². The van der Waals surface area contributed by atoms with Gasteiger partial charge in [0.25, 0.3) is 0 Å². The number of hydrogen-bond acceptors (Lipinski definition) is 3. The van der Waals surface area contributed by atoms with Crippen molar-refractivity contribution < 1.29 is 19.4 Å². The number of ether oxygens (including phenoxy) is 2. The van der Waals surface area contributed by atoms with Crippen LogP contribution in [0.15, 0.2) is 23.3 Å². The Kier molecular flexibility index (Phi) is 7.53. The third-order valence-corrected chi connectivity index (χ3v) is 11.2. The van der Waals surface area contributed by atoms with Crippen LogP contribution in [0.3, 0.4) is 0 Å². The molecule has 0 radical (unpaired) electrons. The number of hydrogen-bond donors (Lipinski definition) is 1. The molecule has 0 aromatic carbocycles. The molecule has 1 aliphatic heterocycles. The molecule has 4 heteroatoms. The van der Waals surface area contributed by atoms with Crippen LogP contribution in [0.1, 0.15) is 111 Å². The van der Waals surface area contributed by atoms with E-state index in [2.05, 4.69) is 32.9 Å². The molecule has 0 spiro atoms. The third-order valence-electron chi connectivity index (χ3n) is 11.2. The Morgan fingerprint density at radius 2 is 2.00 bits per heavy atom. The minimum absolute atomic E-state index is 0.0290. The Balaban J connectivity index is 1.25. The Morgan fingerprint density at radius 3 is 2.77 bits per heavy atom. The molecule has 0 aromatic rings. The number of aliphatic carboxylic acids is 1. The minimum atomic E-state index is -0.677. The van der Waals surface area contributed by atoms with Gasteiger partial charge in [0, 0.05) is 13.0 Å². The molecule has 5 rings (SSSR count). The van der Waals surface area contributed by atoms with Crippen LogP contribution in [0.5, 0.6) is 0 Å². The zero-order valence-corrected chi connectivity index (χ0v) is 22.4. The van der Waals surface area contributed by atoms with E-state index in [0.29, 0.717) is 22.9 Å². The Labute approximate surface area is 212 Å². The number of fused-ring (bicyclic) bond motifs is 5. The van der Waals surface area contributed by atoms with Crippen LogP contribution in [-0.4, -0.2) is 30.1 Å². The van der Waals surface area contributed by atoms with E-state index in [-0.39, 0.29) is 12.7 Å². The number of allylic oxidation sites excluding steroid dienone is 3. The second-order valence-electron chi connectivity index (χ2n) is 13.0. The third kappa shape index (κ3) is 4.91. The van der Waals surface area contributed by atoms with E-state index >= 15 is 0 Å². The molecule has 196 valence electrons. The molecule has 0 bridgehead atoms. The van der Waals surface area contributed by atoms with Crippen LogP contribution in [0.25, 0.3) is 0 Å². The molecule has 0 amide bonds. The van der Waals surface area contributed by atoms with Gasteiger partial charge in [0.2, 0.25) is 0 Å². The standard InChI is InChI=1S/C31H48O4/c1-21(8-4-5-9-28(32)33)25-13-14-26-24-12-11-22-20-23(35-29-10-6-7-19-34-29)15-17-30(22,2)27(24)16-18-31(25,26)3/h8,11,23-27,29H,4-7,9-10,12-20H2,1-3H3,(H,32,33)/t23-,24?,25+,26?,27?,29?,30-,31+/m0/s1. The Hall–Kier alpha value is -1.13. The molecule has 35 heavy (non-hydrogen) atoms. The highest BCUT2D eigenvalue weighted by molar-refractivity contribution is 5.66. The molecule has 8 atom stereocenters. The maximum absolute atomic E-state index is 10.9. The molecule has 0 aromatic heterocycles. The first-order valence-electron chi connectivity index (χ1n) is 14.7. The Morgan fingerprint density at radius 1 is 1.14 bits per heavy atom. The van der Waals surface area contributed by atoms with E-state index in [1.54, 1.807) is 5.57 Å². The largest absolute Gasteiger partial charge is 0.481 e. The fourth-order valence-corrected chi connectivity index (χ4v) is 9.25. The zero-order valence-electron chi connectivity index (χ0n) is 22.4. The summed E-state index contributed by atoms with van der Waals surface area (Å²) in [6.45, 7) is 8.37. The topological polar surface area (TPSA) is 55.8 Å². The summed E-state index contributed by atoms with van der Waals surface area (Å²) in [5, 5.41) is 8.95. The first-order chi connectivity index (χ1) is 16.8. The van der Waals surface area contributed by atoms with Gasteiger partial charge in [-0.25, -0.2) is 0 Å². The lowest BCUT2D eigenvalue weighted by atomic mass is 9.47. The summed E-state index contributed by atoms with van der Waals surface area (Å²) in [6.07, 6.45) is 21.0. The molecule has 1 N–H and O–H groups in total. The normalized spacial score (nSPS) is 43.6. The maximum atomic E-state index is 10.9. The maximum Gasteiger partial charge on any atom is 0.303 e. The lowest BCUT2D eigenvalue weighted by Crippen LogP contribution is -2.50. The number of rotatable bonds is 7. The molecular weight excluding hydrogens is 436 g/mol. The molecule has 4 unspecified atom stereocenters. The van der Waals surface area contributed by atoms with Gasteiger partial charge in [-0.1, -0.05) is 37.1 Å². The van der Waals surface area contributed by atoms with E-state index < -0.39 is 5.97 Å². The zero-order chi connectivity index (χ0) is 24.6. The summed E-state index contributed by atoms with van der Waals surface area (Å²) in [7, 11) is 0. The van der Waals surface area contributed by atoms with Gasteiger partial charge in [-0.05, 0) is 125 Å². The molecule has 4 aliphatic carbocycles. The summed E-state index contributed by atoms with van der Waals surface area (Å²) in [5.74, 6) is 2.48. The van der Waals surface area contributed by atoms with Crippen LogP contribution < -0.4 is 0 Å². The first-order valence-corrected chi connectivity index (χ1v) is 14.7. The van der Waals surface area contributed by atoms with Gasteiger partial charge in [-0.2, -0.15) is 0 Å². The second kappa shape index (κ2) is 10.3. The first kappa shape index (κ1) is 25.5. The van der Waals surface area contributed by atoms with Crippen molar-refractivity contribution in [1.29, 1.82) is 0 Å². The molecule has 3 saturated carbocycles. The fourth-order valence-electron chi connectivity index (χ4n) is 9.25. The predicted octanol–water partition coefficient (Wildman–Crippen LogP) is 7.68. The van der Waals surface area contributed by atoms with E-state index in [1.165, 1.54) is 63.4 Å². The number of carboxylic acid groups (broad SMARTS) is 1. The molecule has 5 aliphatic rings. The van der Waals surface area contributed by atoms with Crippen molar-refractivity contribution >= 4 is 5.97 Å². The van der Waals surface area contributed by atoms with Crippen molar-refractivity contribution in [1.82, 2.24) is 0 Å². The van der Waals surface area contributed by atoms with Gasteiger partial charge in [0.05, 0.1) is 6.10 Å². The molecule has 1 heterocycles.